The van der Waals surface area contributed by atoms with Crippen LogP contribution in [-0.2, 0) is 9.84 Å². The number of thiophene rings is 1. The van der Waals surface area contributed by atoms with E-state index in [9.17, 15) is 13.2 Å². The summed E-state index contributed by atoms with van der Waals surface area (Å²) in [4.78, 5) is 12.5. The number of rotatable bonds is 4. The highest BCUT2D eigenvalue weighted by Gasteiger charge is 2.23. The van der Waals surface area contributed by atoms with E-state index >= 15 is 0 Å². The first kappa shape index (κ1) is 15.5. The molecule has 0 aliphatic heterocycles. The van der Waals surface area contributed by atoms with Crippen LogP contribution in [0.25, 0.3) is 0 Å². The van der Waals surface area contributed by atoms with Crippen molar-refractivity contribution in [2.45, 2.75) is 9.79 Å². The molecule has 0 bridgehead atoms. The number of carbonyl (C=O) groups is 1. The monoisotopic (exact) mass is 343 g/mol. The van der Waals surface area contributed by atoms with Crippen LogP contribution in [0.15, 0.2) is 81.9 Å². The minimum Gasteiger partial charge on any atom is -0.312 e. The highest BCUT2D eigenvalue weighted by atomic mass is 32.2. The number of amides is 1. The van der Waals surface area contributed by atoms with Crippen LogP contribution in [0.3, 0.4) is 0 Å². The molecule has 1 N–H and O–H groups in total. The Kier molecular flexibility index (Phi) is 4.27. The molecule has 23 heavy (non-hydrogen) atoms. The Morgan fingerprint density at radius 1 is 0.870 bits per heavy atom. The molecule has 0 saturated carbocycles. The van der Waals surface area contributed by atoms with Gasteiger partial charge in [-0.15, -0.1) is 11.3 Å². The molecule has 1 heterocycles. The summed E-state index contributed by atoms with van der Waals surface area (Å²) < 4.78 is 25.4. The van der Waals surface area contributed by atoms with Crippen LogP contribution in [0, 0.1) is 0 Å². The zero-order chi connectivity index (χ0) is 16.3. The average Bonchev–Trinajstić information content (AvgIpc) is 3.05. The zero-order valence-electron chi connectivity index (χ0n) is 12.0. The van der Waals surface area contributed by atoms with Crippen LogP contribution in [0.4, 0.5) is 5.00 Å². The van der Waals surface area contributed by atoms with Crippen molar-refractivity contribution < 1.29 is 13.2 Å². The third kappa shape index (κ3) is 3.18. The van der Waals surface area contributed by atoms with Crippen molar-refractivity contribution >= 4 is 32.1 Å². The molecular formula is C17H13NO3S2. The molecule has 0 saturated heterocycles. The molecule has 0 atom stereocenters. The molecule has 6 heteroatoms. The molecule has 116 valence electrons. The van der Waals surface area contributed by atoms with E-state index < -0.39 is 9.84 Å². The van der Waals surface area contributed by atoms with E-state index in [-0.39, 0.29) is 15.7 Å². The van der Waals surface area contributed by atoms with Crippen molar-refractivity contribution in [1.82, 2.24) is 0 Å². The lowest BCUT2D eigenvalue weighted by molar-refractivity contribution is 0.102. The molecule has 0 unspecified atom stereocenters. The first-order valence-electron chi connectivity index (χ1n) is 6.83. The van der Waals surface area contributed by atoms with E-state index in [4.69, 9.17) is 0 Å². The first-order valence-corrected chi connectivity index (χ1v) is 9.19. The molecule has 0 aliphatic rings. The quantitative estimate of drug-likeness (QED) is 0.783. The van der Waals surface area contributed by atoms with Crippen molar-refractivity contribution in [2.24, 2.45) is 0 Å². The van der Waals surface area contributed by atoms with Crippen LogP contribution in [0.1, 0.15) is 10.4 Å². The summed E-state index contributed by atoms with van der Waals surface area (Å²) in [5, 5.41) is 4.65. The predicted molar refractivity (Wildman–Crippen MR) is 90.6 cm³/mol. The Balaban J connectivity index is 1.93. The maximum atomic E-state index is 12.7. The summed E-state index contributed by atoms with van der Waals surface area (Å²) in [5.41, 5.74) is 0.476. The number of hydrogen-bond donors (Lipinski definition) is 1. The summed E-state index contributed by atoms with van der Waals surface area (Å²) in [5.74, 6) is -0.336. The van der Waals surface area contributed by atoms with Gasteiger partial charge in [0.25, 0.3) is 5.91 Å². The summed E-state index contributed by atoms with van der Waals surface area (Å²) in [6.07, 6.45) is 0. The second-order valence-electron chi connectivity index (χ2n) is 4.75. The molecular weight excluding hydrogens is 330 g/mol. The Bertz CT molecular complexity index is 917. The van der Waals surface area contributed by atoms with Gasteiger partial charge in [-0.25, -0.2) is 8.42 Å². The second-order valence-corrected chi connectivity index (χ2v) is 7.58. The summed E-state index contributed by atoms with van der Waals surface area (Å²) in [6.45, 7) is 0. The lowest BCUT2D eigenvalue weighted by Gasteiger charge is -2.07. The van der Waals surface area contributed by atoms with Gasteiger partial charge in [-0.3, -0.25) is 4.79 Å². The minimum absolute atomic E-state index is 0.109. The van der Waals surface area contributed by atoms with Crippen molar-refractivity contribution in [3.8, 4) is 0 Å². The van der Waals surface area contributed by atoms with Gasteiger partial charge in [0.05, 0.1) is 4.90 Å². The van der Waals surface area contributed by atoms with E-state index in [1.54, 1.807) is 47.8 Å². The van der Waals surface area contributed by atoms with E-state index in [2.05, 4.69) is 5.32 Å². The standard InChI is InChI=1S/C17H13NO3S2/c19-16(13-7-3-1-4-8-13)18-17-15(11-12-22-17)23(20,21)14-9-5-2-6-10-14/h1-12H,(H,18,19). The molecule has 3 rings (SSSR count). The van der Waals surface area contributed by atoms with Gasteiger partial charge in [0.2, 0.25) is 9.84 Å². The fraction of sp³-hybridized carbons (Fsp3) is 0. The zero-order valence-corrected chi connectivity index (χ0v) is 13.6. The van der Waals surface area contributed by atoms with Gasteiger partial charge in [0, 0.05) is 5.56 Å². The Morgan fingerprint density at radius 2 is 1.48 bits per heavy atom. The van der Waals surface area contributed by atoms with Gasteiger partial charge < -0.3 is 5.32 Å². The SMILES string of the molecule is O=C(Nc1sccc1S(=O)(=O)c1ccccc1)c1ccccc1. The topological polar surface area (TPSA) is 63.2 Å². The van der Waals surface area contributed by atoms with Crippen LogP contribution in [-0.4, -0.2) is 14.3 Å². The molecule has 0 spiro atoms. The number of anilines is 1. The highest BCUT2D eigenvalue weighted by Crippen LogP contribution is 2.32. The molecule has 0 aliphatic carbocycles. The second kappa shape index (κ2) is 6.36. The third-order valence-corrected chi connectivity index (χ3v) is 6.01. The third-order valence-electron chi connectivity index (χ3n) is 3.24. The summed E-state index contributed by atoms with van der Waals surface area (Å²) in [7, 11) is -3.66. The van der Waals surface area contributed by atoms with Gasteiger partial charge in [-0.1, -0.05) is 36.4 Å². The molecule has 4 nitrogen and oxygen atoms in total. The minimum atomic E-state index is -3.66. The fourth-order valence-corrected chi connectivity index (χ4v) is 4.64. The highest BCUT2D eigenvalue weighted by molar-refractivity contribution is 7.91. The average molecular weight is 343 g/mol. The largest absolute Gasteiger partial charge is 0.312 e. The van der Waals surface area contributed by atoms with Gasteiger partial charge in [-0.2, -0.15) is 0 Å². The van der Waals surface area contributed by atoms with Crippen molar-refractivity contribution in [2.75, 3.05) is 5.32 Å². The molecule has 1 amide bonds. The summed E-state index contributed by atoms with van der Waals surface area (Å²) in [6, 6.07) is 18.3. The van der Waals surface area contributed by atoms with Gasteiger partial charge in [-0.05, 0) is 35.7 Å². The van der Waals surface area contributed by atoms with Gasteiger partial charge in [0.15, 0.2) is 0 Å². The lowest BCUT2D eigenvalue weighted by Crippen LogP contribution is -2.13. The Hall–Kier alpha value is -2.44. The molecule has 0 radical (unpaired) electrons. The number of carbonyl (C=O) groups excluding carboxylic acids is 1. The molecule has 1 aromatic heterocycles. The van der Waals surface area contributed by atoms with Crippen LogP contribution in [0.2, 0.25) is 0 Å². The molecule has 3 aromatic rings. The lowest BCUT2D eigenvalue weighted by atomic mass is 10.2. The summed E-state index contributed by atoms with van der Waals surface area (Å²) >= 11 is 1.18. The Labute approximate surface area is 138 Å². The van der Waals surface area contributed by atoms with E-state index in [0.717, 1.165) is 0 Å². The number of sulfone groups is 1. The molecule has 2 aromatic carbocycles. The van der Waals surface area contributed by atoms with E-state index in [0.29, 0.717) is 10.6 Å². The normalized spacial score (nSPS) is 11.1. The van der Waals surface area contributed by atoms with Crippen molar-refractivity contribution in [3.63, 3.8) is 0 Å². The maximum absolute atomic E-state index is 12.7. The van der Waals surface area contributed by atoms with Gasteiger partial charge >= 0.3 is 0 Å². The van der Waals surface area contributed by atoms with Crippen LogP contribution < -0.4 is 5.32 Å². The smallest absolute Gasteiger partial charge is 0.256 e. The van der Waals surface area contributed by atoms with Crippen molar-refractivity contribution in [1.29, 1.82) is 0 Å². The van der Waals surface area contributed by atoms with Crippen LogP contribution >= 0.6 is 11.3 Å². The predicted octanol–water partition coefficient (Wildman–Crippen LogP) is 3.83. The maximum Gasteiger partial charge on any atom is 0.256 e. The van der Waals surface area contributed by atoms with E-state index in [1.807, 2.05) is 6.07 Å². The fourth-order valence-electron chi connectivity index (χ4n) is 2.09. The van der Waals surface area contributed by atoms with Gasteiger partial charge in [0.1, 0.15) is 9.90 Å². The molecule has 0 fully saturated rings. The number of benzene rings is 2. The number of nitrogens with one attached hydrogen (secondary N) is 1. The van der Waals surface area contributed by atoms with Crippen molar-refractivity contribution in [3.05, 3.63) is 77.7 Å². The van der Waals surface area contributed by atoms with E-state index in [1.165, 1.54) is 29.5 Å². The Morgan fingerprint density at radius 3 is 2.13 bits per heavy atom. The first-order chi connectivity index (χ1) is 11.1. The van der Waals surface area contributed by atoms with Crippen LogP contribution in [0.5, 0.6) is 0 Å². The number of hydrogen-bond acceptors (Lipinski definition) is 4.